The first-order valence-electron chi connectivity index (χ1n) is 6.90. The summed E-state index contributed by atoms with van der Waals surface area (Å²) in [6, 6.07) is 2.83. The van der Waals surface area contributed by atoms with Crippen molar-refractivity contribution in [1.29, 1.82) is 0 Å². The lowest BCUT2D eigenvalue weighted by Gasteiger charge is -2.26. The van der Waals surface area contributed by atoms with Crippen LogP contribution in [0, 0.1) is 5.92 Å². The molecule has 0 spiro atoms. The Morgan fingerprint density at radius 2 is 1.94 bits per heavy atom. The van der Waals surface area contributed by atoms with E-state index in [0.717, 1.165) is 12.5 Å². The van der Waals surface area contributed by atoms with Gasteiger partial charge >= 0.3 is 0 Å². The molecule has 1 unspecified atom stereocenters. The van der Waals surface area contributed by atoms with Crippen LogP contribution in [0.3, 0.4) is 0 Å². The van der Waals surface area contributed by atoms with Gasteiger partial charge in [0.25, 0.3) is 0 Å². The zero-order valence-corrected chi connectivity index (χ0v) is 14.8. The van der Waals surface area contributed by atoms with Crippen LogP contribution in [0.15, 0.2) is 14.3 Å². The predicted octanol–water partition coefficient (Wildman–Crippen LogP) is 5.89. The van der Waals surface area contributed by atoms with Gasteiger partial charge in [-0.15, -0.1) is 11.3 Å². The van der Waals surface area contributed by atoms with Crippen molar-refractivity contribution in [3.8, 4) is 0 Å². The number of hydrogen-bond acceptors (Lipinski definition) is 2. The van der Waals surface area contributed by atoms with Crippen LogP contribution in [-0.4, -0.2) is 6.54 Å². The maximum absolute atomic E-state index is 3.71. The second kappa shape index (κ2) is 7.41. The van der Waals surface area contributed by atoms with E-state index in [4.69, 9.17) is 0 Å². The molecule has 1 nitrogen and oxygen atoms in total. The van der Waals surface area contributed by atoms with Gasteiger partial charge in [-0.1, -0.05) is 32.6 Å². The highest BCUT2D eigenvalue weighted by atomic mass is 79.9. The van der Waals surface area contributed by atoms with Gasteiger partial charge in [-0.25, -0.2) is 0 Å². The Kier molecular flexibility index (Phi) is 6.19. The first-order chi connectivity index (χ1) is 8.72. The van der Waals surface area contributed by atoms with Crippen LogP contribution in [0.1, 0.15) is 56.4 Å². The first-order valence-corrected chi connectivity index (χ1v) is 9.30. The summed E-state index contributed by atoms with van der Waals surface area (Å²) in [6.45, 7) is 3.26. The third-order valence-electron chi connectivity index (χ3n) is 3.77. The molecule has 1 fully saturated rings. The van der Waals surface area contributed by atoms with E-state index >= 15 is 0 Å². The molecule has 1 N–H and O–H groups in total. The van der Waals surface area contributed by atoms with Gasteiger partial charge in [0.2, 0.25) is 0 Å². The number of thiophene rings is 1. The van der Waals surface area contributed by atoms with E-state index < -0.39 is 0 Å². The summed E-state index contributed by atoms with van der Waals surface area (Å²) in [7, 11) is 0. The SMILES string of the molecule is CCNC(c1cc(Br)c(Br)s1)C1CCCCCC1. The number of hydrogen-bond donors (Lipinski definition) is 1. The van der Waals surface area contributed by atoms with Gasteiger partial charge in [-0.3, -0.25) is 0 Å². The Hall–Kier alpha value is 0.620. The first kappa shape index (κ1) is 15.0. The monoisotopic (exact) mass is 393 g/mol. The molecule has 0 aliphatic heterocycles. The molecule has 1 saturated carbocycles. The van der Waals surface area contributed by atoms with E-state index in [1.165, 1.54) is 51.7 Å². The van der Waals surface area contributed by atoms with Gasteiger partial charge in [-0.2, -0.15) is 0 Å². The molecule has 1 aromatic heterocycles. The molecule has 0 aromatic carbocycles. The zero-order valence-electron chi connectivity index (χ0n) is 10.8. The molecule has 0 amide bonds. The highest BCUT2D eigenvalue weighted by Gasteiger charge is 2.25. The van der Waals surface area contributed by atoms with Crippen molar-refractivity contribution in [2.24, 2.45) is 5.92 Å². The summed E-state index contributed by atoms with van der Waals surface area (Å²) in [5.74, 6) is 0.810. The lowest BCUT2D eigenvalue weighted by atomic mass is 9.91. The van der Waals surface area contributed by atoms with Crippen LogP contribution < -0.4 is 5.32 Å². The fourth-order valence-corrected chi connectivity index (χ4v) is 5.14. The van der Waals surface area contributed by atoms with Gasteiger partial charge in [-0.05, 0) is 63.2 Å². The Balaban J connectivity index is 2.15. The molecule has 0 saturated heterocycles. The van der Waals surface area contributed by atoms with Gasteiger partial charge in [0.15, 0.2) is 0 Å². The van der Waals surface area contributed by atoms with Crippen molar-refractivity contribution >= 4 is 43.2 Å². The fourth-order valence-electron chi connectivity index (χ4n) is 2.88. The average molecular weight is 395 g/mol. The van der Waals surface area contributed by atoms with Crippen LogP contribution in [0.2, 0.25) is 0 Å². The maximum Gasteiger partial charge on any atom is 0.0843 e. The summed E-state index contributed by atoms with van der Waals surface area (Å²) in [5, 5.41) is 3.71. The summed E-state index contributed by atoms with van der Waals surface area (Å²) >= 11 is 9.10. The minimum Gasteiger partial charge on any atom is -0.309 e. The highest BCUT2D eigenvalue weighted by Crippen LogP contribution is 2.41. The van der Waals surface area contributed by atoms with Gasteiger partial charge in [0.1, 0.15) is 0 Å². The predicted molar refractivity (Wildman–Crippen MR) is 87.3 cm³/mol. The second-order valence-corrected chi connectivity index (χ2v) is 8.31. The maximum atomic E-state index is 3.71. The molecular weight excluding hydrogens is 374 g/mol. The van der Waals surface area contributed by atoms with E-state index in [1.54, 1.807) is 0 Å². The molecule has 0 radical (unpaired) electrons. The van der Waals surface area contributed by atoms with E-state index in [-0.39, 0.29) is 0 Å². The number of rotatable bonds is 4. The van der Waals surface area contributed by atoms with E-state index in [2.05, 4.69) is 50.2 Å². The largest absolute Gasteiger partial charge is 0.309 e. The molecule has 18 heavy (non-hydrogen) atoms. The standard InChI is InChI=1S/C14H21Br2NS/c1-2-17-13(10-7-5-3-4-6-8-10)12-9-11(15)14(16)18-12/h9-10,13,17H,2-8H2,1H3. The van der Waals surface area contributed by atoms with Crippen LogP contribution in [-0.2, 0) is 0 Å². The molecule has 1 aliphatic carbocycles. The number of halogens is 2. The molecule has 1 heterocycles. The van der Waals surface area contributed by atoms with Crippen LogP contribution >= 0.6 is 43.2 Å². The summed E-state index contributed by atoms with van der Waals surface area (Å²) in [5.41, 5.74) is 0. The van der Waals surface area contributed by atoms with Crippen molar-refractivity contribution in [3.05, 3.63) is 19.2 Å². The summed E-state index contributed by atoms with van der Waals surface area (Å²) < 4.78 is 2.41. The Morgan fingerprint density at radius 3 is 2.44 bits per heavy atom. The van der Waals surface area contributed by atoms with Crippen molar-refractivity contribution in [1.82, 2.24) is 5.32 Å². The lowest BCUT2D eigenvalue weighted by Crippen LogP contribution is -2.27. The van der Waals surface area contributed by atoms with Gasteiger partial charge in [0, 0.05) is 15.4 Å². The molecule has 1 atom stereocenters. The van der Waals surface area contributed by atoms with Crippen molar-refractivity contribution < 1.29 is 0 Å². The van der Waals surface area contributed by atoms with Crippen LogP contribution in [0.5, 0.6) is 0 Å². The van der Waals surface area contributed by atoms with Crippen molar-refractivity contribution in [2.75, 3.05) is 6.54 Å². The van der Waals surface area contributed by atoms with E-state index in [9.17, 15) is 0 Å². The Bertz CT molecular complexity index is 350. The van der Waals surface area contributed by atoms with Gasteiger partial charge in [0.05, 0.1) is 3.79 Å². The van der Waals surface area contributed by atoms with Crippen LogP contribution in [0.4, 0.5) is 0 Å². The zero-order chi connectivity index (χ0) is 13.0. The molecular formula is C14H21Br2NS. The molecule has 2 rings (SSSR count). The summed E-state index contributed by atoms with van der Waals surface area (Å²) in [6.07, 6.45) is 8.41. The molecule has 1 aromatic rings. The number of nitrogens with one attached hydrogen (secondary N) is 1. The smallest absolute Gasteiger partial charge is 0.0843 e. The minimum absolute atomic E-state index is 0.542. The molecule has 1 aliphatic rings. The molecule has 4 heteroatoms. The Morgan fingerprint density at radius 1 is 1.28 bits per heavy atom. The fraction of sp³-hybridized carbons (Fsp3) is 0.714. The second-order valence-electron chi connectivity index (χ2n) is 5.06. The van der Waals surface area contributed by atoms with Crippen molar-refractivity contribution in [2.45, 2.75) is 51.5 Å². The van der Waals surface area contributed by atoms with E-state index in [1.807, 2.05) is 11.3 Å². The quantitative estimate of drug-likeness (QED) is 0.627. The highest BCUT2D eigenvalue weighted by molar-refractivity contribution is 9.13. The molecule has 0 bridgehead atoms. The minimum atomic E-state index is 0.542. The third-order valence-corrected chi connectivity index (χ3v) is 7.11. The van der Waals surface area contributed by atoms with Gasteiger partial charge < -0.3 is 5.32 Å². The normalized spacial score (nSPS) is 19.7. The average Bonchev–Trinajstić information content (AvgIpc) is 2.60. The topological polar surface area (TPSA) is 12.0 Å². The Labute approximate surface area is 131 Å². The lowest BCUT2D eigenvalue weighted by molar-refractivity contribution is 0.334. The molecule has 102 valence electrons. The van der Waals surface area contributed by atoms with E-state index in [0.29, 0.717) is 6.04 Å². The van der Waals surface area contributed by atoms with Crippen LogP contribution in [0.25, 0.3) is 0 Å². The van der Waals surface area contributed by atoms with Crippen molar-refractivity contribution in [3.63, 3.8) is 0 Å². The summed E-state index contributed by atoms with van der Waals surface area (Å²) in [4.78, 5) is 1.47. The third kappa shape index (κ3) is 3.81.